The number of nitrogens with one attached hydrogen (secondary N) is 1. The highest BCUT2D eigenvalue weighted by molar-refractivity contribution is 7.87. The minimum atomic E-state index is -4.85. The average Bonchev–Trinajstić information content (AvgIpc) is 1.84. The lowest BCUT2D eigenvalue weighted by molar-refractivity contribution is -0.337. The second-order valence-electron chi connectivity index (χ2n) is 2.54. The molecule has 0 radical (unpaired) electrons. The van der Waals surface area contributed by atoms with Crippen LogP contribution in [0.5, 0.6) is 0 Å². The van der Waals surface area contributed by atoms with E-state index in [9.17, 15) is 8.42 Å². The summed E-state index contributed by atoms with van der Waals surface area (Å²) in [6.07, 6.45) is -0.425. The Morgan fingerprint density at radius 3 is 1.69 bits per heavy atom. The molecule has 0 aromatic rings. The van der Waals surface area contributed by atoms with E-state index in [2.05, 4.69) is 0 Å². The smallest absolute Gasteiger partial charge is 0.312 e. The van der Waals surface area contributed by atoms with E-state index in [1.807, 2.05) is 5.32 Å². The standard InChI is InChI=1S/C5H13NO6S/c1-3-4(6-2,5(7,8)9)13(10,11)12/h6-9H,3H2,1-2H3,(H,10,11,12). The molecule has 0 saturated heterocycles. The molecule has 0 spiro atoms. The lowest BCUT2D eigenvalue weighted by Gasteiger charge is -2.35. The van der Waals surface area contributed by atoms with Gasteiger partial charge in [0, 0.05) is 0 Å². The summed E-state index contributed by atoms with van der Waals surface area (Å²) in [6.45, 7) is 1.25. The predicted molar refractivity (Wildman–Crippen MR) is 43.0 cm³/mol. The van der Waals surface area contributed by atoms with E-state index in [0.29, 0.717) is 0 Å². The van der Waals surface area contributed by atoms with Gasteiger partial charge in [-0.05, 0) is 13.5 Å². The number of rotatable bonds is 4. The second kappa shape index (κ2) is 3.48. The molecule has 0 heterocycles. The van der Waals surface area contributed by atoms with Gasteiger partial charge in [-0.2, -0.15) is 8.42 Å². The molecule has 0 aliphatic heterocycles. The van der Waals surface area contributed by atoms with Gasteiger partial charge < -0.3 is 15.3 Å². The third-order valence-electron chi connectivity index (χ3n) is 1.88. The molecule has 0 fully saturated rings. The van der Waals surface area contributed by atoms with Crippen molar-refractivity contribution in [2.45, 2.75) is 24.2 Å². The number of aliphatic hydroxyl groups is 3. The third-order valence-corrected chi connectivity index (χ3v) is 3.53. The van der Waals surface area contributed by atoms with E-state index in [1.54, 1.807) is 0 Å². The van der Waals surface area contributed by atoms with Gasteiger partial charge in [0.1, 0.15) is 0 Å². The molecule has 1 atom stereocenters. The summed E-state index contributed by atoms with van der Waals surface area (Å²) < 4.78 is 30.2. The first-order valence-corrected chi connectivity index (χ1v) is 4.89. The van der Waals surface area contributed by atoms with Crippen molar-refractivity contribution < 1.29 is 28.3 Å². The number of hydrogen-bond acceptors (Lipinski definition) is 6. The monoisotopic (exact) mass is 215 g/mol. The summed E-state index contributed by atoms with van der Waals surface area (Å²) in [5.41, 5.74) is 0. The summed E-state index contributed by atoms with van der Waals surface area (Å²) >= 11 is 0. The van der Waals surface area contributed by atoms with Crippen LogP contribution in [0.15, 0.2) is 0 Å². The van der Waals surface area contributed by atoms with Crippen LogP contribution in [-0.4, -0.2) is 46.2 Å². The maximum Gasteiger partial charge on any atom is 0.312 e. The first-order chi connectivity index (χ1) is 5.62. The Kier molecular flexibility index (Phi) is 3.41. The van der Waals surface area contributed by atoms with Gasteiger partial charge in [-0.15, -0.1) is 0 Å². The average molecular weight is 215 g/mol. The van der Waals surface area contributed by atoms with E-state index < -0.39 is 27.4 Å². The lowest BCUT2D eigenvalue weighted by Crippen LogP contribution is -2.66. The van der Waals surface area contributed by atoms with Gasteiger partial charge in [-0.25, -0.2) is 0 Å². The zero-order chi connectivity index (χ0) is 10.9. The zero-order valence-electron chi connectivity index (χ0n) is 7.22. The summed E-state index contributed by atoms with van der Waals surface area (Å²) in [6, 6.07) is 0. The highest BCUT2D eigenvalue weighted by atomic mass is 32.2. The molecule has 13 heavy (non-hydrogen) atoms. The highest BCUT2D eigenvalue weighted by Gasteiger charge is 2.56. The molecule has 0 bridgehead atoms. The zero-order valence-corrected chi connectivity index (χ0v) is 8.04. The van der Waals surface area contributed by atoms with Crippen LogP contribution in [0, 0.1) is 0 Å². The fourth-order valence-electron chi connectivity index (χ4n) is 1.07. The summed E-state index contributed by atoms with van der Waals surface area (Å²) in [7, 11) is -3.78. The van der Waals surface area contributed by atoms with Gasteiger partial charge in [0.2, 0.25) is 4.87 Å². The maximum absolute atomic E-state index is 10.8. The van der Waals surface area contributed by atoms with Crippen molar-refractivity contribution in [1.29, 1.82) is 0 Å². The highest BCUT2D eigenvalue weighted by Crippen LogP contribution is 2.26. The molecule has 0 amide bonds. The van der Waals surface area contributed by atoms with E-state index in [0.717, 1.165) is 7.05 Å². The molecular formula is C5H13NO6S. The van der Waals surface area contributed by atoms with Crippen molar-refractivity contribution in [3.05, 3.63) is 0 Å². The maximum atomic E-state index is 10.8. The summed E-state index contributed by atoms with van der Waals surface area (Å²) in [5.74, 6) is -3.55. The number of likely N-dealkylation sites (N-methyl/N-ethyl adjacent to an activating group) is 1. The first-order valence-electron chi connectivity index (χ1n) is 3.45. The fourth-order valence-corrected chi connectivity index (χ4v) is 2.03. The topological polar surface area (TPSA) is 127 Å². The molecular weight excluding hydrogens is 202 g/mol. The molecule has 7 nitrogen and oxygen atoms in total. The Morgan fingerprint density at radius 2 is 1.69 bits per heavy atom. The van der Waals surface area contributed by atoms with Crippen LogP contribution in [0.25, 0.3) is 0 Å². The fraction of sp³-hybridized carbons (Fsp3) is 1.00. The van der Waals surface area contributed by atoms with Gasteiger partial charge >= 0.3 is 5.97 Å². The third kappa shape index (κ3) is 1.98. The first kappa shape index (κ1) is 12.8. The van der Waals surface area contributed by atoms with E-state index in [4.69, 9.17) is 19.9 Å². The molecule has 0 aliphatic carbocycles. The Labute approximate surface area is 75.8 Å². The predicted octanol–water partition coefficient (Wildman–Crippen LogP) is -2.17. The largest absolute Gasteiger partial charge is 0.341 e. The SMILES string of the molecule is CCC(NC)(C(O)(O)O)S(=O)(=O)O. The molecule has 0 aromatic heterocycles. The quantitative estimate of drug-likeness (QED) is 0.267. The van der Waals surface area contributed by atoms with E-state index in [-0.39, 0.29) is 0 Å². The molecule has 0 saturated carbocycles. The van der Waals surface area contributed by atoms with Crippen LogP contribution < -0.4 is 5.32 Å². The van der Waals surface area contributed by atoms with Gasteiger partial charge in [0.25, 0.3) is 10.1 Å². The van der Waals surface area contributed by atoms with E-state index >= 15 is 0 Å². The lowest BCUT2D eigenvalue weighted by atomic mass is 10.2. The van der Waals surface area contributed by atoms with Crippen molar-refractivity contribution in [3.8, 4) is 0 Å². The molecule has 0 rings (SSSR count). The van der Waals surface area contributed by atoms with Crippen LogP contribution in [0.2, 0.25) is 0 Å². The van der Waals surface area contributed by atoms with Gasteiger partial charge in [0.15, 0.2) is 0 Å². The van der Waals surface area contributed by atoms with Crippen molar-refractivity contribution in [2.75, 3.05) is 7.05 Å². The minimum absolute atomic E-state index is 0.425. The van der Waals surface area contributed by atoms with Crippen LogP contribution in [0.1, 0.15) is 13.3 Å². The van der Waals surface area contributed by atoms with Crippen molar-refractivity contribution in [2.24, 2.45) is 0 Å². The molecule has 80 valence electrons. The molecule has 5 N–H and O–H groups in total. The molecule has 0 aliphatic rings. The van der Waals surface area contributed by atoms with Crippen molar-refractivity contribution in [3.63, 3.8) is 0 Å². The van der Waals surface area contributed by atoms with Crippen molar-refractivity contribution in [1.82, 2.24) is 5.32 Å². The molecule has 8 heteroatoms. The number of hydrogen-bond donors (Lipinski definition) is 5. The second-order valence-corrected chi connectivity index (χ2v) is 4.19. The van der Waals surface area contributed by atoms with Gasteiger partial charge in [0.05, 0.1) is 0 Å². The minimum Gasteiger partial charge on any atom is -0.341 e. The van der Waals surface area contributed by atoms with Gasteiger partial charge in [-0.1, -0.05) is 6.92 Å². The Morgan fingerprint density at radius 1 is 1.31 bits per heavy atom. The van der Waals surface area contributed by atoms with E-state index in [1.165, 1.54) is 6.92 Å². The Balaban J connectivity index is 5.45. The van der Waals surface area contributed by atoms with Crippen LogP contribution >= 0.6 is 0 Å². The summed E-state index contributed by atoms with van der Waals surface area (Å²) in [4.78, 5) is -2.60. The summed E-state index contributed by atoms with van der Waals surface area (Å²) in [5, 5.41) is 28.3. The van der Waals surface area contributed by atoms with Gasteiger partial charge in [-0.3, -0.25) is 9.87 Å². The molecule has 0 aromatic carbocycles. The Bertz CT molecular complexity index is 261. The van der Waals surface area contributed by atoms with Crippen LogP contribution in [-0.2, 0) is 10.1 Å². The van der Waals surface area contributed by atoms with Crippen LogP contribution in [0.3, 0.4) is 0 Å². The molecule has 1 unspecified atom stereocenters. The van der Waals surface area contributed by atoms with Crippen LogP contribution in [0.4, 0.5) is 0 Å². The van der Waals surface area contributed by atoms with Crippen molar-refractivity contribution >= 4 is 10.1 Å². The normalized spacial score (nSPS) is 18.3. The Hall–Kier alpha value is -0.250.